The molecule has 0 amide bonds. The van der Waals surface area contributed by atoms with Gasteiger partial charge in [-0.3, -0.25) is 0 Å². The van der Waals surface area contributed by atoms with Gasteiger partial charge in [-0.25, -0.2) is 0 Å². The van der Waals surface area contributed by atoms with Gasteiger partial charge < -0.3 is 0 Å². The van der Waals surface area contributed by atoms with E-state index in [-0.39, 0.29) is 5.41 Å². The maximum Gasteiger partial charge on any atom is -0.00489 e. The van der Waals surface area contributed by atoms with E-state index in [0.29, 0.717) is 0 Å². The SMILES string of the molecule is CC(C)(C)c1ccc(-c2cccc3c2CC(C2CC2)=C3)cc1. The predicted octanol–water partition coefficient (Wildman–Crippen LogP) is 6.00. The molecule has 0 bridgehead atoms. The third kappa shape index (κ3) is 2.41. The van der Waals surface area contributed by atoms with Crippen LogP contribution in [-0.4, -0.2) is 0 Å². The third-order valence-electron chi connectivity index (χ3n) is 5.10. The summed E-state index contributed by atoms with van der Waals surface area (Å²) in [5.41, 5.74) is 9.04. The molecular weight excluding hydrogens is 264 g/mol. The van der Waals surface area contributed by atoms with Crippen LogP contribution < -0.4 is 0 Å². The lowest BCUT2D eigenvalue weighted by atomic mass is 9.85. The van der Waals surface area contributed by atoms with Crippen LogP contribution >= 0.6 is 0 Å². The molecule has 2 aliphatic carbocycles. The fourth-order valence-electron chi connectivity index (χ4n) is 3.53. The molecule has 0 aromatic heterocycles. The third-order valence-corrected chi connectivity index (χ3v) is 5.10. The molecule has 112 valence electrons. The van der Waals surface area contributed by atoms with Crippen LogP contribution in [0.2, 0.25) is 0 Å². The first-order valence-corrected chi connectivity index (χ1v) is 8.46. The molecule has 2 aliphatic rings. The molecule has 4 rings (SSSR count). The molecule has 1 fully saturated rings. The number of hydrogen-bond donors (Lipinski definition) is 0. The van der Waals surface area contributed by atoms with Gasteiger partial charge in [-0.1, -0.05) is 74.9 Å². The molecule has 22 heavy (non-hydrogen) atoms. The lowest BCUT2D eigenvalue weighted by Crippen LogP contribution is -2.10. The molecule has 0 nitrogen and oxygen atoms in total. The fraction of sp³-hybridized carbons (Fsp3) is 0.364. The van der Waals surface area contributed by atoms with Crippen molar-refractivity contribution in [3.63, 3.8) is 0 Å². The number of allylic oxidation sites excluding steroid dienone is 1. The zero-order valence-electron chi connectivity index (χ0n) is 13.8. The molecule has 0 heteroatoms. The van der Waals surface area contributed by atoms with Crippen molar-refractivity contribution in [2.75, 3.05) is 0 Å². The van der Waals surface area contributed by atoms with E-state index in [4.69, 9.17) is 0 Å². The predicted molar refractivity (Wildman–Crippen MR) is 95.0 cm³/mol. The number of rotatable bonds is 2. The van der Waals surface area contributed by atoms with Crippen LogP contribution in [0.3, 0.4) is 0 Å². The van der Waals surface area contributed by atoms with Gasteiger partial charge in [-0.05, 0) is 58.4 Å². The monoisotopic (exact) mass is 288 g/mol. The van der Waals surface area contributed by atoms with E-state index in [1.807, 2.05) is 0 Å². The minimum Gasteiger partial charge on any atom is -0.0621 e. The van der Waals surface area contributed by atoms with E-state index < -0.39 is 0 Å². The van der Waals surface area contributed by atoms with Crippen molar-refractivity contribution in [3.05, 3.63) is 64.7 Å². The molecule has 0 atom stereocenters. The highest BCUT2D eigenvalue weighted by molar-refractivity contribution is 5.77. The van der Waals surface area contributed by atoms with Gasteiger partial charge in [0.2, 0.25) is 0 Å². The summed E-state index contributed by atoms with van der Waals surface area (Å²) in [5.74, 6) is 0.878. The van der Waals surface area contributed by atoms with Crippen LogP contribution in [0.1, 0.15) is 50.3 Å². The van der Waals surface area contributed by atoms with E-state index in [2.05, 4.69) is 69.3 Å². The maximum absolute atomic E-state index is 2.44. The van der Waals surface area contributed by atoms with Gasteiger partial charge in [0, 0.05) is 0 Å². The van der Waals surface area contributed by atoms with Gasteiger partial charge in [-0.2, -0.15) is 0 Å². The highest BCUT2D eigenvalue weighted by Gasteiger charge is 2.29. The van der Waals surface area contributed by atoms with Gasteiger partial charge in [0.25, 0.3) is 0 Å². The van der Waals surface area contributed by atoms with E-state index in [9.17, 15) is 0 Å². The first-order chi connectivity index (χ1) is 10.5. The van der Waals surface area contributed by atoms with E-state index in [1.165, 1.54) is 40.7 Å². The number of benzene rings is 2. The minimum absolute atomic E-state index is 0.220. The van der Waals surface area contributed by atoms with Gasteiger partial charge >= 0.3 is 0 Å². The summed E-state index contributed by atoms with van der Waals surface area (Å²) in [6.07, 6.45) is 6.40. The average Bonchev–Trinajstić information content (AvgIpc) is 3.25. The topological polar surface area (TPSA) is 0 Å². The smallest absolute Gasteiger partial charge is 0.00489 e. The zero-order chi connectivity index (χ0) is 15.3. The molecule has 0 radical (unpaired) electrons. The van der Waals surface area contributed by atoms with Crippen molar-refractivity contribution in [2.24, 2.45) is 5.92 Å². The van der Waals surface area contributed by atoms with Crippen LogP contribution in [0.25, 0.3) is 17.2 Å². The molecular formula is C22H24. The Morgan fingerprint density at radius 2 is 1.64 bits per heavy atom. The van der Waals surface area contributed by atoms with Gasteiger partial charge in [0.15, 0.2) is 0 Å². The Kier molecular flexibility index (Phi) is 3.04. The van der Waals surface area contributed by atoms with Crippen LogP contribution in [0.4, 0.5) is 0 Å². The second kappa shape index (κ2) is 4.84. The van der Waals surface area contributed by atoms with Crippen molar-refractivity contribution in [1.82, 2.24) is 0 Å². The molecule has 0 spiro atoms. The van der Waals surface area contributed by atoms with Crippen molar-refractivity contribution in [3.8, 4) is 11.1 Å². The fourth-order valence-corrected chi connectivity index (χ4v) is 3.53. The van der Waals surface area contributed by atoms with Crippen LogP contribution in [0.15, 0.2) is 48.0 Å². The zero-order valence-corrected chi connectivity index (χ0v) is 13.8. The number of hydrogen-bond acceptors (Lipinski definition) is 0. The molecule has 1 saturated carbocycles. The minimum atomic E-state index is 0.220. The van der Waals surface area contributed by atoms with Crippen LogP contribution in [-0.2, 0) is 11.8 Å². The Balaban J connectivity index is 1.69. The molecule has 0 heterocycles. The highest BCUT2D eigenvalue weighted by Crippen LogP contribution is 2.44. The van der Waals surface area contributed by atoms with E-state index in [1.54, 1.807) is 5.57 Å². The first kappa shape index (κ1) is 13.8. The highest BCUT2D eigenvalue weighted by atomic mass is 14.3. The van der Waals surface area contributed by atoms with E-state index >= 15 is 0 Å². The van der Waals surface area contributed by atoms with Crippen molar-refractivity contribution < 1.29 is 0 Å². The Morgan fingerprint density at radius 3 is 2.27 bits per heavy atom. The molecule has 2 aromatic carbocycles. The molecule has 0 saturated heterocycles. The van der Waals surface area contributed by atoms with Crippen molar-refractivity contribution in [1.29, 1.82) is 0 Å². The average molecular weight is 288 g/mol. The Hall–Kier alpha value is -1.82. The van der Waals surface area contributed by atoms with E-state index in [0.717, 1.165) is 12.3 Å². The summed E-state index contributed by atoms with van der Waals surface area (Å²) in [4.78, 5) is 0. The quantitative estimate of drug-likeness (QED) is 0.635. The second-order valence-corrected chi connectivity index (χ2v) is 7.87. The van der Waals surface area contributed by atoms with Crippen molar-refractivity contribution in [2.45, 2.75) is 45.4 Å². The van der Waals surface area contributed by atoms with Gasteiger partial charge in [0.1, 0.15) is 0 Å². The summed E-state index contributed by atoms with van der Waals surface area (Å²) in [6.45, 7) is 6.82. The summed E-state index contributed by atoms with van der Waals surface area (Å²) < 4.78 is 0. The summed E-state index contributed by atoms with van der Waals surface area (Å²) >= 11 is 0. The normalized spacial score (nSPS) is 17.3. The molecule has 0 N–H and O–H groups in total. The lowest BCUT2D eigenvalue weighted by Gasteiger charge is -2.19. The van der Waals surface area contributed by atoms with Gasteiger partial charge in [-0.15, -0.1) is 0 Å². The maximum atomic E-state index is 2.44. The molecule has 0 unspecified atom stereocenters. The summed E-state index contributed by atoms with van der Waals surface area (Å²) in [6, 6.07) is 15.9. The summed E-state index contributed by atoms with van der Waals surface area (Å²) in [7, 11) is 0. The molecule has 2 aromatic rings. The van der Waals surface area contributed by atoms with Crippen LogP contribution in [0.5, 0.6) is 0 Å². The lowest BCUT2D eigenvalue weighted by molar-refractivity contribution is 0.590. The van der Waals surface area contributed by atoms with Gasteiger partial charge in [0.05, 0.1) is 0 Å². The Bertz CT molecular complexity index is 735. The largest absolute Gasteiger partial charge is 0.0621 e. The number of fused-ring (bicyclic) bond motifs is 1. The molecule has 0 aliphatic heterocycles. The first-order valence-electron chi connectivity index (χ1n) is 8.46. The summed E-state index contributed by atoms with van der Waals surface area (Å²) in [5, 5.41) is 0. The second-order valence-electron chi connectivity index (χ2n) is 7.87. The van der Waals surface area contributed by atoms with Crippen molar-refractivity contribution >= 4 is 6.08 Å². The van der Waals surface area contributed by atoms with Crippen LogP contribution in [0, 0.1) is 5.92 Å². The Labute approximate surface area is 133 Å². The standard InChI is InChI=1S/C22H24/c1-22(2,3)19-11-9-16(10-12-19)20-6-4-5-17-13-18(14-21(17)20)15-7-8-15/h4-6,9-13,15H,7-8,14H2,1-3H3. The Morgan fingerprint density at radius 1 is 0.909 bits per heavy atom.